The normalized spacial score (nSPS) is 18.7. The molecule has 5 rings (SSSR count). The van der Waals surface area contributed by atoms with Gasteiger partial charge in [0.1, 0.15) is 17.0 Å². The van der Waals surface area contributed by atoms with Crippen molar-refractivity contribution in [2.75, 3.05) is 63.6 Å². The van der Waals surface area contributed by atoms with Crippen molar-refractivity contribution >= 4 is 34.1 Å². The monoisotopic (exact) mass is 556 g/mol. The minimum atomic E-state index is -0.177. The molecule has 2 aliphatic heterocycles. The van der Waals surface area contributed by atoms with Gasteiger partial charge < -0.3 is 25.2 Å². The largest absolute Gasteiger partial charge is 0.494 e. The lowest BCUT2D eigenvalue weighted by Crippen LogP contribution is -2.43. The fraction of sp³-hybridized carbons (Fsp3) is 0.419. The summed E-state index contributed by atoms with van der Waals surface area (Å²) in [6, 6.07) is 6.10. The number of benzene rings is 1. The van der Waals surface area contributed by atoms with E-state index < -0.39 is 0 Å². The number of likely N-dealkylation sites (tertiary alicyclic amines) is 1. The highest BCUT2D eigenvalue weighted by Crippen LogP contribution is 2.32. The van der Waals surface area contributed by atoms with E-state index in [2.05, 4.69) is 45.1 Å². The Labute approximate surface area is 241 Å². The van der Waals surface area contributed by atoms with Crippen LogP contribution in [0.25, 0.3) is 16.7 Å². The number of methoxy groups -OCH3 is 1. The molecule has 0 bridgehead atoms. The van der Waals surface area contributed by atoms with Crippen LogP contribution in [0.2, 0.25) is 0 Å². The third-order valence-corrected chi connectivity index (χ3v) is 7.72. The number of fused-ring (bicyclic) bond motifs is 1. The molecule has 0 saturated carbocycles. The molecule has 10 heteroatoms. The molecule has 2 saturated heterocycles. The van der Waals surface area contributed by atoms with Gasteiger partial charge in [-0.1, -0.05) is 30.9 Å². The summed E-state index contributed by atoms with van der Waals surface area (Å²) in [5.41, 5.74) is 3.77. The lowest BCUT2D eigenvalue weighted by molar-refractivity contribution is 0.194. The second kappa shape index (κ2) is 13.1. The van der Waals surface area contributed by atoms with Crippen LogP contribution >= 0.6 is 0 Å². The molecule has 0 aliphatic carbocycles. The molecule has 1 aromatic carbocycles. The van der Waals surface area contributed by atoms with E-state index in [0.29, 0.717) is 46.6 Å². The zero-order valence-corrected chi connectivity index (χ0v) is 24.3. The van der Waals surface area contributed by atoms with Gasteiger partial charge in [-0.2, -0.15) is 4.98 Å². The minimum Gasteiger partial charge on any atom is -0.494 e. The average Bonchev–Trinajstić information content (AvgIpc) is 3.00. The molecular formula is C31H40N8O2. The Kier molecular flexibility index (Phi) is 9.11. The number of rotatable bonds is 9. The molecule has 2 aliphatic rings. The predicted molar refractivity (Wildman–Crippen MR) is 166 cm³/mol. The van der Waals surface area contributed by atoms with Gasteiger partial charge in [0.2, 0.25) is 5.95 Å². The van der Waals surface area contributed by atoms with Crippen LogP contribution < -0.4 is 25.8 Å². The van der Waals surface area contributed by atoms with Gasteiger partial charge in [0.15, 0.2) is 5.65 Å². The van der Waals surface area contributed by atoms with E-state index in [4.69, 9.17) is 14.7 Å². The van der Waals surface area contributed by atoms with Gasteiger partial charge in [0, 0.05) is 56.6 Å². The fourth-order valence-electron chi connectivity index (χ4n) is 5.60. The maximum absolute atomic E-state index is 13.9. The van der Waals surface area contributed by atoms with Crippen molar-refractivity contribution in [3.05, 3.63) is 71.3 Å². The molecule has 0 amide bonds. The number of piperidine rings is 1. The molecule has 2 aromatic heterocycles. The molecule has 41 heavy (non-hydrogen) atoms. The molecule has 1 unspecified atom stereocenters. The van der Waals surface area contributed by atoms with E-state index >= 15 is 0 Å². The first-order chi connectivity index (χ1) is 20.0. The van der Waals surface area contributed by atoms with Crippen LogP contribution in [-0.4, -0.2) is 77.8 Å². The second-order valence-corrected chi connectivity index (χ2v) is 10.6. The quantitative estimate of drug-likeness (QED) is 0.381. The Morgan fingerprint density at radius 1 is 1.24 bits per heavy atom. The standard InChI is InChI=1S/C31H40N8O2/c1-5-7-10-23(6-2)28-30(40)39(21-22-9-8-15-37(3)20-22)29-26(34-28)19-33-31(36-29)35-25-12-11-24(18-27(25)41-4)38-16-13-32-14-17-38/h5-7,10-12,18-19,22,32H,2,8-9,13-17,20-21H2,1,3-4H3,(H,33,35,36)/b7-5-,23-10+. The maximum atomic E-state index is 13.9. The van der Waals surface area contributed by atoms with E-state index in [1.807, 2.05) is 37.3 Å². The first-order valence-corrected chi connectivity index (χ1v) is 14.3. The highest BCUT2D eigenvalue weighted by molar-refractivity contribution is 5.78. The number of ether oxygens (including phenoxy) is 1. The van der Waals surface area contributed by atoms with E-state index in [1.165, 1.54) is 0 Å². The van der Waals surface area contributed by atoms with Crippen molar-refractivity contribution in [3.63, 3.8) is 0 Å². The molecule has 1 atom stereocenters. The number of allylic oxidation sites excluding steroid dienone is 5. The number of nitrogens with one attached hydrogen (secondary N) is 2. The van der Waals surface area contributed by atoms with Crippen LogP contribution in [0, 0.1) is 5.92 Å². The van der Waals surface area contributed by atoms with Crippen molar-refractivity contribution < 1.29 is 4.74 Å². The van der Waals surface area contributed by atoms with Crippen molar-refractivity contribution in [2.45, 2.75) is 26.3 Å². The van der Waals surface area contributed by atoms with Gasteiger partial charge in [0.25, 0.3) is 5.56 Å². The molecule has 0 radical (unpaired) electrons. The summed E-state index contributed by atoms with van der Waals surface area (Å²) < 4.78 is 7.49. The van der Waals surface area contributed by atoms with E-state index in [1.54, 1.807) is 23.9 Å². The Bertz CT molecular complexity index is 1510. The lowest BCUT2D eigenvalue weighted by atomic mass is 9.98. The van der Waals surface area contributed by atoms with Crippen LogP contribution in [0.3, 0.4) is 0 Å². The smallest absolute Gasteiger partial charge is 0.278 e. The number of hydrogen-bond donors (Lipinski definition) is 2. The van der Waals surface area contributed by atoms with Crippen molar-refractivity contribution in [1.82, 2.24) is 29.7 Å². The van der Waals surface area contributed by atoms with Crippen molar-refractivity contribution in [2.24, 2.45) is 5.92 Å². The van der Waals surface area contributed by atoms with Crippen LogP contribution in [-0.2, 0) is 6.54 Å². The molecule has 0 spiro atoms. The Balaban J connectivity index is 1.53. The van der Waals surface area contributed by atoms with E-state index in [9.17, 15) is 4.79 Å². The summed E-state index contributed by atoms with van der Waals surface area (Å²) in [6.45, 7) is 12.2. The van der Waals surface area contributed by atoms with Gasteiger partial charge in [-0.25, -0.2) is 9.97 Å². The highest BCUT2D eigenvalue weighted by atomic mass is 16.5. The predicted octanol–water partition coefficient (Wildman–Crippen LogP) is 3.84. The molecule has 2 fully saturated rings. The van der Waals surface area contributed by atoms with Gasteiger partial charge in [-0.15, -0.1) is 0 Å². The second-order valence-electron chi connectivity index (χ2n) is 10.6. The summed E-state index contributed by atoms with van der Waals surface area (Å²) >= 11 is 0. The van der Waals surface area contributed by atoms with Crippen LogP contribution in [0.1, 0.15) is 25.5 Å². The lowest BCUT2D eigenvalue weighted by Gasteiger charge is -2.30. The fourth-order valence-corrected chi connectivity index (χ4v) is 5.60. The number of anilines is 3. The van der Waals surface area contributed by atoms with E-state index in [-0.39, 0.29) is 5.56 Å². The minimum absolute atomic E-state index is 0.177. The van der Waals surface area contributed by atoms with Crippen molar-refractivity contribution in [3.8, 4) is 5.75 Å². The Morgan fingerprint density at radius 3 is 2.80 bits per heavy atom. The molecule has 216 valence electrons. The summed E-state index contributed by atoms with van der Waals surface area (Å²) in [5, 5.41) is 6.70. The zero-order chi connectivity index (χ0) is 28.8. The first kappa shape index (κ1) is 28.5. The van der Waals surface area contributed by atoms with Gasteiger partial charge >= 0.3 is 0 Å². The Hall–Kier alpha value is -4.02. The van der Waals surface area contributed by atoms with Crippen LogP contribution in [0.5, 0.6) is 5.75 Å². The number of piperazine rings is 1. The van der Waals surface area contributed by atoms with Crippen molar-refractivity contribution in [1.29, 1.82) is 0 Å². The number of nitrogens with zero attached hydrogens (tertiary/aromatic N) is 6. The summed E-state index contributed by atoms with van der Waals surface area (Å²) in [6.07, 6.45) is 11.2. The SMILES string of the molecule is C=C/C(=C\C=C/C)c1nc2cnc(Nc3ccc(N4CCNCC4)cc3OC)nc2n(CC2CCCN(C)C2)c1=O. The topological polar surface area (TPSA) is 100 Å². The number of hydrogen-bond acceptors (Lipinski definition) is 9. The molecule has 4 heterocycles. The number of aromatic nitrogens is 4. The van der Waals surface area contributed by atoms with Crippen LogP contribution in [0.4, 0.5) is 17.3 Å². The molecule has 3 aromatic rings. The van der Waals surface area contributed by atoms with E-state index in [0.717, 1.165) is 63.5 Å². The summed E-state index contributed by atoms with van der Waals surface area (Å²) in [5.74, 6) is 1.41. The molecular weight excluding hydrogens is 516 g/mol. The maximum Gasteiger partial charge on any atom is 0.278 e. The molecule has 2 N–H and O–H groups in total. The zero-order valence-electron chi connectivity index (χ0n) is 24.3. The first-order valence-electron chi connectivity index (χ1n) is 14.3. The summed E-state index contributed by atoms with van der Waals surface area (Å²) in [4.78, 5) is 32.7. The van der Waals surface area contributed by atoms with Gasteiger partial charge in [0.05, 0.1) is 19.0 Å². The average molecular weight is 557 g/mol. The van der Waals surface area contributed by atoms with Gasteiger partial charge in [-0.05, 0) is 51.4 Å². The van der Waals surface area contributed by atoms with Gasteiger partial charge in [-0.3, -0.25) is 9.36 Å². The molecule has 10 nitrogen and oxygen atoms in total. The Morgan fingerprint density at radius 2 is 2.07 bits per heavy atom. The highest BCUT2D eigenvalue weighted by Gasteiger charge is 2.22. The third-order valence-electron chi connectivity index (χ3n) is 7.72. The van der Waals surface area contributed by atoms with Crippen LogP contribution in [0.15, 0.2) is 60.1 Å². The third kappa shape index (κ3) is 6.49. The summed E-state index contributed by atoms with van der Waals surface area (Å²) in [7, 11) is 3.79.